The highest BCUT2D eigenvalue weighted by molar-refractivity contribution is 5.94. The Balaban J connectivity index is 1.27. The molecule has 142 valence electrons. The van der Waals surface area contributed by atoms with Crippen molar-refractivity contribution < 1.29 is 9.84 Å². The smallest absolute Gasteiger partial charge is 0.195 e. The van der Waals surface area contributed by atoms with Gasteiger partial charge in [-0.3, -0.25) is 4.99 Å². The van der Waals surface area contributed by atoms with Gasteiger partial charge in [0.2, 0.25) is 0 Å². The quantitative estimate of drug-likeness (QED) is 0.732. The minimum Gasteiger partial charge on any atom is -0.491 e. The van der Waals surface area contributed by atoms with Crippen molar-refractivity contribution in [2.45, 2.75) is 18.9 Å². The second kappa shape index (κ2) is 8.31. The van der Waals surface area contributed by atoms with Crippen LogP contribution in [0.4, 0.5) is 11.4 Å². The van der Waals surface area contributed by atoms with Crippen molar-refractivity contribution in [1.29, 1.82) is 0 Å². The first kappa shape index (κ1) is 17.7. The van der Waals surface area contributed by atoms with Gasteiger partial charge in [0.05, 0.1) is 6.54 Å². The Labute approximate surface area is 159 Å². The van der Waals surface area contributed by atoms with E-state index < -0.39 is 6.10 Å². The summed E-state index contributed by atoms with van der Waals surface area (Å²) in [4.78, 5) is 6.57. The van der Waals surface area contributed by atoms with Crippen molar-refractivity contribution in [3.05, 3.63) is 54.1 Å². The van der Waals surface area contributed by atoms with Crippen LogP contribution in [-0.4, -0.2) is 50.0 Å². The number of fused-ring (bicyclic) bond motifs is 1. The Morgan fingerprint density at radius 1 is 1.19 bits per heavy atom. The molecule has 2 heterocycles. The second-order valence-electron chi connectivity index (χ2n) is 6.95. The maximum Gasteiger partial charge on any atom is 0.195 e. The predicted molar refractivity (Wildman–Crippen MR) is 109 cm³/mol. The molecule has 4 rings (SSSR count). The minimum absolute atomic E-state index is 0.277. The van der Waals surface area contributed by atoms with Crippen molar-refractivity contribution in [2.75, 3.05) is 43.0 Å². The number of hydrogen-bond acceptors (Lipinski definition) is 6. The number of benzene rings is 2. The number of guanidine groups is 1. The van der Waals surface area contributed by atoms with Crippen molar-refractivity contribution in [3.8, 4) is 5.75 Å². The fourth-order valence-electron chi connectivity index (χ4n) is 3.55. The number of aliphatic imine (C=N–C) groups is 1. The number of rotatable bonds is 6. The van der Waals surface area contributed by atoms with Gasteiger partial charge in [0.15, 0.2) is 5.96 Å². The van der Waals surface area contributed by atoms with E-state index in [1.165, 1.54) is 11.3 Å². The van der Waals surface area contributed by atoms with Crippen LogP contribution in [0.25, 0.3) is 0 Å². The highest BCUT2D eigenvalue weighted by atomic mass is 16.5. The summed E-state index contributed by atoms with van der Waals surface area (Å²) in [5.41, 5.74) is 3.56. The Hall–Kier alpha value is -2.73. The maximum atomic E-state index is 10.4. The monoisotopic (exact) mass is 366 g/mol. The van der Waals surface area contributed by atoms with Gasteiger partial charge in [-0.2, -0.15) is 0 Å². The summed E-state index contributed by atoms with van der Waals surface area (Å²) in [5.74, 6) is 1.56. The summed E-state index contributed by atoms with van der Waals surface area (Å²) < 4.78 is 5.77. The SMILES string of the molecule is OC(COc1ccc(NC2=NCCN2)cc1)CN1CCCc2ccccc21. The minimum atomic E-state index is -0.536. The third kappa shape index (κ3) is 4.52. The van der Waals surface area contributed by atoms with E-state index in [-0.39, 0.29) is 6.61 Å². The van der Waals surface area contributed by atoms with E-state index in [1.54, 1.807) is 0 Å². The molecule has 0 aliphatic carbocycles. The largest absolute Gasteiger partial charge is 0.491 e. The van der Waals surface area contributed by atoms with Crippen LogP contribution in [0.2, 0.25) is 0 Å². The standard InChI is InChI=1S/C21H26N4O2/c26-18(14-25-13-3-5-16-4-1-2-6-20(16)25)15-27-19-9-7-17(8-10-19)24-21-22-11-12-23-21/h1-2,4,6-10,18,26H,3,5,11-15H2,(H2,22,23,24). The summed E-state index contributed by atoms with van der Waals surface area (Å²) in [6.45, 7) is 3.53. The number of ether oxygens (including phenoxy) is 1. The lowest BCUT2D eigenvalue weighted by atomic mass is 10.0. The van der Waals surface area contributed by atoms with E-state index in [4.69, 9.17) is 4.74 Å². The summed E-state index contributed by atoms with van der Waals surface area (Å²) in [6, 6.07) is 16.2. The average molecular weight is 366 g/mol. The lowest BCUT2D eigenvalue weighted by Crippen LogP contribution is -2.38. The van der Waals surface area contributed by atoms with Crippen LogP contribution in [0, 0.1) is 0 Å². The van der Waals surface area contributed by atoms with Crippen LogP contribution in [0.5, 0.6) is 5.75 Å². The summed E-state index contributed by atoms with van der Waals surface area (Å²) in [5, 5.41) is 16.8. The average Bonchev–Trinajstić information content (AvgIpc) is 3.21. The normalized spacial score (nSPS) is 16.9. The second-order valence-corrected chi connectivity index (χ2v) is 6.95. The molecule has 2 aliphatic rings. The molecule has 6 heteroatoms. The Morgan fingerprint density at radius 3 is 2.85 bits per heavy atom. The van der Waals surface area contributed by atoms with Gasteiger partial charge in [0.25, 0.3) is 0 Å². The van der Waals surface area contributed by atoms with Crippen molar-refractivity contribution in [3.63, 3.8) is 0 Å². The van der Waals surface area contributed by atoms with Gasteiger partial charge in [-0.15, -0.1) is 0 Å². The van der Waals surface area contributed by atoms with E-state index in [2.05, 4.69) is 44.8 Å². The van der Waals surface area contributed by atoms with Crippen LogP contribution >= 0.6 is 0 Å². The molecule has 2 aromatic carbocycles. The number of β-amino-alcohol motifs (C(OH)–C–C–N with tert-alkyl or cyclic N) is 1. The van der Waals surface area contributed by atoms with Gasteiger partial charge in [-0.1, -0.05) is 18.2 Å². The summed E-state index contributed by atoms with van der Waals surface area (Å²) in [6.07, 6.45) is 1.70. The van der Waals surface area contributed by atoms with Gasteiger partial charge in [-0.05, 0) is 48.7 Å². The highest BCUT2D eigenvalue weighted by Gasteiger charge is 2.19. The number of nitrogens with one attached hydrogen (secondary N) is 2. The number of hydrogen-bond donors (Lipinski definition) is 3. The summed E-state index contributed by atoms with van der Waals surface area (Å²) >= 11 is 0. The molecule has 6 nitrogen and oxygen atoms in total. The number of anilines is 2. The third-order valence-electron chi connectivity index (χ3n) is 4.87. The number of aliphatic hydroxyl groups is 1. The molecule has 2 aliphatic heterocycles. The number of aliphatic hydroxyl groups excluding tert-OH is 1. The molecule has 0 radical (unpaired) electrons. The number of aryl methyl sites for hydroxylation is 1. The Morgan fingerprint density at radius 2 is 2.04 bits per heavy atom. The molecule has 27 heavy (non-hydrogen) atoms. The lowest BCUT2D eigenvalue weighted by Gasteiger charge is -2.32. The maximum absolute atomic E-state index is 10.4. The molecule has 0 saturated heterocycles. The molecular formula is C21H26N4O2. The molecule has 3 N–H and O–H groups in total. The molecule has 1 atom stereocenters. The first-order valence-corrected chi connectivity index (χ1v) is 9.57. The number of nitrogens with zero attached hydrogens (tertiary/aromatic N) is 2. The van der Waals surface area contributed by atoms with Crippen molar-refractivity contribution in [1.82, 2.24) is 5.32 Å². The van der Waals surface area contributed by atoms with Gasteiger partial charge in [0, 0.05) is 31.0 Å². The molecule has 0 fully saturated rings. The fraction of sp³-hybridized carbons (Fsp3) is 0.381. The first-order valence-electron chi connectivity index (χ1n) is 9.57. The van der Waals surface area contributed by atoms with Crippen LogP contribution in [0.3, 0.4) is 0 Å². The van der Waals surface area contributed by atoms with E-state index in [0.717, 1.165) is 49.9 Å². The van der Waals surface area contributed by atoms with E-state index in [1.807, 2.05) is 24.3 Å². The van der Waals surface area contributed by atoms with Gasteiger partial charge in [0.1, 0.15) is 18.5 Å². The van der Waals surface area contributed by atoms with E-state index in [9.17, 15) is 5.11 Å². The van der Waals surface area contributed by atoms with Crippen LogP contribution in [0.1, 0.15) is 12.0 Å². The zero-order valence-electron chi connectivity index (χ0n) is 15.4. The molecule has 0 amide bonds. The fourth-order valence-corrected chi connectivity index (χ4v) is 3.55. The number of para-hydroxylation sites is 1. The van der Waals surface area contributed by atoms with Crippen LogP contribution in [-0.2, 0) is 6.42 Å². The zero-order chi connectivity index (χ0) is 18.5. The zero-order valence-corrected chi connectivity index (χ0v) is 15.4. The predicted octanol–water partition coefficient (Wildman–Crippen LogP) is 2.25. The van der Waals surface area contributed by atoms with Crippen molar-refractivity contribution in [2.24, 2.45) is 4.99 Å². The summed E-state index contributed by atoms with van der Waals surface area (Å²) in [7, 11) is 0. The molecule has 0 spiro atoms. The lowest BCUT2D eigenvalue weighted by molar-refractivity contribution is 0.112. The van der Waals surface area contributed by atoms with Crippen LogP contribution in [0.15, 0.2) is 53.5 Å². The van der Waals surface area contributed by atoms with E-state index >= 15 is 0 Å². The van der Waals surface area contributed by atoms with Crippen LogP contribution < -0.4 is 20.3 Å². The molecule has 0 bridgehead atoms. The Kier molecular flexibility index (Phi) is 5.44. The van der Waals surface area contributed by atoms with Gasteiger partial charge < -0.3 is 25.4 Å². The molecular weight excluding hydrogens is 340 g/mol. The topological polar surface area (TPSA) is 69.1 Å². The highest BCUT2D eigenvalue weighted by Crippen LogP contribution is 2.26. The van der Waals surface area contributed by atoms with Gasteiger partial charge >= 0.3 is 0 Å². The van der Waals surface area contributed by atoms with Gasteiger partial charge in [-0.25, -0.2) is 0 Å². The Bertz CT molecular complexity index is 791. The molecule has 0 saturated carbocycles. The molecule has 2 aromatic rings. The third-order valence-corrected chi connectivity index (χ3v) is 4.87. The molecule has 0 aromatic heterocycles. The van der Waals surface area contributed by atoms with Crippen molar-refractivity contribution >= 4 is 17.3 Å². The first-order chi connectivity index (χ1) is 13.3. The molecule has 1 unspecified atom stereocenters. The van der Waals surface area contributed by atoms with E-state index in [0.29, 0.717) is 6.54 Å².